The number of fused-ring (bicyclic) bond motifs is 1. The second kappa shape index (κ2) is 8.97. The van der Waals surface area contributed by atoms with Gasteiger partial charge in [-0.1, -0.05) is 36.4 Å². The third-order valence-electron chi connectivity index (χ3n) is 3.96. The number of aliphatic hydroxyl groups is 1. The number of aliphatic hydroxyl groups excluding tert-OH is 1. The molecular weight excluding hydrogens is 330 g/mol. The molecule has 0 aliphatic carbocycles. The van der Waals surface area contributed by atoms with E-state index in [0.717, 1.165) is 17.5 Å². The van der Waals surface area contributed by atoms with Gasteiger partial charge in [-0.3, -0.25) is 9.71 Å². The molecule has 3 rings (SSSR count). The molecule has 4 nitrogen and oxygen atoms in total. The monoisotopic (exact) mass is 353 g/mol. The molecule has 130 valence electrons. The number of aromatic nitrogens is 1. The SMILES string of the molecule is C[C@H](CNC[C@@H](O)c1ccccc1)NSc1ccc2cnccc2c1. The molecule has 1 aromatic heterocycles. The molecule has 0 saturated carbocycles. The summed E-state index contributed by atoms with van der Waals surface area (Å²) < 4.78 is 3.43. The molecule has 2 aromatic carbocycles. The van der Waals surface area contributed by atoms with Crippen molar-refractivity contribution >= 4 is 22.7 Å². The Morgan fingerprint density at radius 2 is 1.88 bits per heavy atom. The number of rotatable bonds is 8. The van der Waals surface area contributed by atoms with Crippen LogP contribution in [0.15, 0.2) is 71.9 Å². The van der Waals surface area contributed by atoms with Crippen molar-refractivity contribution in [3.63, 3.8) is 0 Å². The third-order valence-corrected chi connectivity index (χ3v) is 4.97. The van der Waals surface area contributed by atoms with E-state index in [4.69, 9.17) is 0 Å². The van der Waals surface area contributed by atoms with Crippen LogP contribution < -0.4 is 10.0 Å². The molecule has 3 N–H and O–H groups in total. The van der Waals surface area contributed by atoms with Gasteiger partial charge in [0.2, 0.25) is 0 Å². The van der Waals surface area contributed by atoms with Crippen molar-refractivity contribution in [2.45, 2.75) is 24.0 Å². The zero-order valence-corrected chi connectivity index (χ0v) is 15.0. The summed E-state index contributed by atoms with van der Waals surface area (Å²) >= 11 is 1.63. The third kappa shape index (κ3) is 5.28. The van der Waals surface area contributed by atoms with E-state index in [1.54, 1.807) is 11.9 Å². The topological polar surface area (TPSA) is 57.2 Å². The zero-order chi connectivity index (χ0) is 17.5. The maximum Gasteiger partial charge on any atom is 0.0914 e. The average Bonchev–Trinajstić information content (AvgIpc) is 2.67. The van der Waals surface area contributed by atoms with Gasteiger partial charge in [-0.25, -0.2) is 0 Å². The highest BCUT2D eigenvalue weighted by Gasteiger charge is 2.08. The first kappa shape index (κ1) is 17.9. The van der Waals surface area contributed by atoms with Gasteiger partial charge in [0.05, 0.1) is 6.10 Å². The molecule has 0 saturated heterocycles. The second-order valence-electron chi connectivity index (χ2n) is 6.09. The van der Waals surface area contributed by atoms with E-state index in [1.807, 2.05) is 48.8 Å². The predicted octanol–water partition coefficient (Wildman–Crippen LogP) is 3.54. The lowest BCUT2D eigenvalue weighted by molar-refractivity contribution is 0.174. The fraction of sp³-hybridized carbons (Fsp3) is 0.250. The van der Waals surface area contributed by atoms with E-state index in [9.17, 15) is 5.11 Å². The lowest BCUT2D eigenvalue weighted by Gasteiger charge is -2.16. The first-order chi connectivity index (χ1) is 12.2. The normalized spacial score (nSPS) is 13.7. The number of pyridine rings is 1. The molecule has 1 heterocycles. The van der Waals surface area contributed by atoms with E-state index in [1.165, 1.54) is 10.3 Å². The summed E-state index contributed by atoms with van der Waals surface area (Å²) in [6.07, 6.45) is 3.21. The van der Waals surface area contributed by atoms with Crippen molar-refractivity contribution in [2.75, 3.05) is 13.1 Å². The highest BCUT2D eigenvalue weighted by Crippen LogP contribution is 2.21. The smallest absolute Gasteiger partial charge is 0.0914 e. The Hall–Kier alpha value is -1.92. The summed E-state index contributed by atoms with van der Waals surface area (Å²) in [4.78, 5) is 5.31. The lowest BCUT2D eigenvalue weighted by atomic mass is 10.1. The van der Waals surface area contributed by atoms with Gasteiger partial charge in [-0.2, -0.15) is 0 Å². The van der Waals surface area contributed by atoms with Crippen LogP contribution in [0.3, 0.4) is 0 Å². The van der Waals surface area contributed by atoms with Gasteiger partial charge < -0.3 is 10.4 Å². The summed E-state index contributed by atoms with van der Waals surface area (Å²) in [5.41, 5.74) is 0.940. The van der Waals surface area contributed by atoms with E-state index < -0.39 is 6.10 Å². The molecule has 0 radical (unpaired) electrons. The molecule has 0 amide bonds. The van der Waals surface area contributed by atoms with Crippen LogP contribution in [0.4, 0.5) is 0 Å². The van der Waals surface area contributed by atoms with Crippen LogP contribution in [0.5, 0.6) is 0 Å². The van der Waals surface area contributed by atoms with Crippen molar-refractivity contribution in [2.24, 2.45) is 0 Å². The van der Waals surface area contributed by atoms with Gasteiger partial charge in [0.1, 0.15) is 0 Å². The standard InChI is InChI=1S/C20H23N3OS/c1-15(12-22-14-20(24)16-5-3-2-4-6-16)23-25-19-8-7-18-13-21-10-9-17(18)11-19/h2-11,13,15,20,22-24H,12,14H2,1H3/t15-,20-/m1/s1. The highest BCUT2D eigenvalue weighted by molar-refractivity contribution is 7.97. The van der Waals surface area contributed by atoms with E-state index in [0.29, 0.717) is 6.54 Å². The highest BCUT2D eigenvalue weighted by atomic mass is 32.2. The van der Waals surface area contributed by atoms with Crippen LogP contribution in [0.25, 0.3) is 10.8 Å². The van der Waals surface area contributed by atoms with Crippen molar-refractivity contribution < 1.29 is 5.11 Å². The number of nitrogens with zero attached hydrogens (tertiary/aromatic N) is 1. The maximum absolute atomic E-state index is 10.1. The summed E-state index contributed by atoms with van der Waals surface area (Å²) in [7, 11) is 0. The molecule has 25 heavy (non-hydrogen) atoms. The Bertz CT molecular complexity index is 797. The Kier molecular flexibility index (Phi) is 6.42. The molecule has 0 bridgehead atoms. The summed E-state index contributed by atoms with van der Waals surface area (Å²) in [5, 5.41) is 15.8. The minimum Gasteiger partial charge on any atom is -0.387 e. The van der Waals surface area contributed by atoms with Crippen LogP contribution in [-0.4, -0.2) is 29.2 Å². The van der Waals surface area contributed by atoms with Crippen molar-refractivity contribution in [3.05, 3.63) is 72.6 Å². The fourth-order valence-corrected chi connectivity index (χ4v) is 3.31. The number of hydrogen-bond donors (Lipinski definition) is 3. The number of benzene rings is 2. The zero-order valence-electron chi connectivity index (χ0n) is 14.2. The Labute approximate surface area is 152 Å². The van der Waals surface area contributed by atoms with Crippen molar-refractivity contribution in [3.8, 4) is 0 Å². The predicted molar refractivity (Wildman–Crippen MR) is 104 cm³/mol. The van der Waals surface area contributed by atoms with Crippen LogP contribution >= 0.6 is 11.9 Å². The molecule has 0 spiro atoms. The molecular formula is C20H23N3OS. The van der Waals surface area contributed by atoms with Gasteiger partial charge in [-0.05, 0) is 48.0 Å². The largest absolute Gasteiger partial charge is 0.387 e. The van der Waals surface area contributed by atoms with Crippen LogP contribution in [0.1, 0.15) is 18.6 Å². The number of nitrogens with one attached hydrogen (secondary N) is 2. The molecule has 0 aliphatic rings. The molecule has 0 unspecified atom stereocenters. The second-order valence-corrected chi connectivity index (χ2v) is 7.00. The van der Waals surface area contributed by atoms with Gasteiger partial charge >= 0.3 is 0 Å². The van der Waals surface area contributed by atoms with E-state index in [-0.39, 0.29) is 6.04 Å². The van der Waals surface area contributed by atoms with Crippen LogP contribution in [0.2, 0.25) is 0 Å². The van der Waals surface area contributed by atoms with E-state index >= 15 is 0 Å². The molecule has 3 aromatic rings. The van der Waals surface area contributed by atoms with Gasteiger partial charge in [0.25, 0.3) is 0 Å². The average molecular weight is 353 g/mol. The van der Waals surface area contributed by atoms with Crippen LogP contribution in [-0.2, 0) is 0 Å². The van der Waals surface area contributed by atoms with Gasteiger partial charge in [0, 0.05) is 41.8 Å². The molecule has 5 heteroatoms. The molecule has 0 fully saturated rings. The summed E-state index contributed by atoms with van der Waals surface area (Å²) in [6, 6.07) is 18.4. The van der Waals surface area contributed by atoms with Gasteiger partial charge in [0.15, 0.2) is 0 Å². The first-order valence-electron chi connectivity index (χ1n) is 8.42. The Morgan fingerprint density at radius 1 is 1.04 bits per heavy atom. The summed E-state index contributed by atoms with van der Waals surface area (Å²) in [5.74, 6) is 0. The quantitative estimate of drug-likeness (QED) is 0.541. The van der Waals surface area contributed by atoms with Crippen molar-refractivity contribution in [1.82, 2.24) is 15.0 Å². The molecule has 0 aliphatic heterocycles. The number of hydrogen-bond acceptors (Lipinski definition) is 5. The Balaban J connectivity index is 1.42. The maximum atomic E-state index is 10.1. The first-order valence-corrected chi connectivity index (χ1v) is 9.24. The van der Waals surface area contributed by atoms with E-state index in [2.05, 4.69) is 40.1 Å². The lowest BCUT2D eigenvalue weighted by Crippen LogP contribution is -2.34. The minimum atomic E-state index is -0.477. The van der Waals surface area contributed by atoms with Crippen LogP contribution in [0, 0.1) is 0 Å². The van der Waals surface area contributed by atoms with Crippen molar-refractivity contribution in [1.29, 1.82) is 0 Å². The fourth-order valence-electron chi connectivity index (χ4n) is 2.56. The Morgan fingerprint density at radius 3 is 2.72 bits per heavy atom. The summed E-state index contributed by atoms with van der Waals surface area (Å²) in [6.45, 7) is 3.46. The molecule has 2 atom stereocenters. The van der Waals surface area contributed by atoms with Gasteiger partial charge in [-0.15, -0.1) is 0 Å². The minimum absolute atomic E-state index is 0.279.